The van der Waals surface area contributed by atoms with Gasteiger partial charge in [0.25, 0.3) is 0 Å². The second kappa shape index (κ2) is 7.51. The number of carbonyl (C=O) groups is 1. The third kappa shape index (κ3) is 3.93. The summed E-state index contributed by atoms with van der Waals surface area (Å²) in [6.45, 7) is 0. The number of para-hydroxylation sites is 1. The van der Waals surface area contributed by atoms with Crippen molar-refractivity contribution in [2.75, 3.05) is 19.5 Å². The molecule has 2 aromatic rings. The number of anilines is 1. The molecule has 0 fully saturated rings. The lowest BCUT2D eigenvalue weighted by Crippen LogP contribution is -2.15. The van der Waals surface area contributed by atoms with Crippen molar-refractivity contribution in [3.05, 3.63) is 51.5 Å². The molecule has 4 nitrogen and oxygen atoms in total. The second-order valence-electron chi connectivity index (χ2n) is 4.50. The topological polar surface area (TPSA) is 47.6 Å². The van der Waals surface area contributed by atoms with Gasteiger partial charge in [-0.15, -0.1) is 0 Å². The largest absolute Gasteiger partial charge is 0.493 e. The van der Waals surface area contributed by atoms with Crippen LogP contribution in [-0.4, -0.2) is 20.1 Å². The maximum Gasteiger partial charge on any atom is 0.228 e. The van der Waals surface area contributed by atoms with Gasteiger partial charge in [0.2, 0.25) is 5.91 Å². The molecule has 2 aromatic carbocycles. The Kier molecular flexibility index (Phi) is 5.69. The molecule has 0 unspecified atom stereocenters. The molecule has 116 valence electrons. The molecule has 0 spiro atoms. The molecule has 0 aliphatic rings. The Morgan fingerprint density at radius 1 is 1.18 bits per heavy atom. The van der Waals surface area contributed by atoms with Gasteiger partial charge in [-0.25, -0.2) is 0 Å². The van der Waals surface area contributed by atoms with Gasteiger partial charge in [-0.3, -0.25) is 4.79 Å². The quantitative estimate of drug-likeness (QED) is 0.836. The van der Waals surface area contributed by atoms with Crippen LogP contribution in [0.15, 0.2) is 40.9 Å². The zero-order chi connectivity index (χ0) is 16.1. The van der Waals surface area contributed by atoms with E-state index in [2.05, 4.69) is 21.2 Å². The van der Waals surface area contributed by atoms with E-state index in [0.717, 1.165) is 10.0 Å². The predicted molar refractivity (Wildman–Crippen MR) is 91.0 cm³/mol. The SMILES string of the molecule is COc1cc(Br)c(CC(=O)Nc2ccccc2Cl)cc1OC. The van der Waals surface area contributed by atoms with Crippen molar-refractivity contribution < 1.29 is 14.3 Å². The predicted octanol–water partition coefficient (Wildman–Crippen LogP) is 4.30. The fraction of sp³-hybridized carbons (Fsp3) is 0.188. The van der Waals surface area contributed by atoms with Crippen molar-refractivity contribution >= 4 is 39.1 Å². The highest BCUT2D eigenvalue weighted by Crippen LogP contribution is 2.33. The molecule has 1 amide bonds. The van der Waals surface area contributed by atoms with Gasteiger partial charge in [-0.1, -0.05) is 39.7 Å². The standard InChI is InChI=1S/C16H15BrClNO3/c1-21-14-7-10(11(17)9-15(14)22-2)8-16(20)19-13-6-4-3-5-12(13)18/h3-7,9H,8H2,1-2H3,(H,19,20). The molecule has 0 aliphatic carbocycles. The average Bonchev–Trinajstić information content (AvgIpc) is 2.51. The van der Waals surface area contributed by atoms with E-state index in [0.29, 0.717) is 22.2 Å². The van der Waals surface area contributed by atoms with Gasteiger partial charge in [0, 0.05) is 4.47 Å². The maximum absolute atomic E-state index is 12.2. The first kappa shape index (κ1) is 16.6. The van der Waals surface area contributed by atoms with Crippen LogP contribution in [0, 0.1) is 0 Å². The number of ether oxygens (including phenoxy) is 2. The summed E-state index contributed by atoms with van der Waals surface area (Å²) in [5, 5.41) is 3.29. The van der Waals surface area contributed by atoms with Crippen molar-refractivity contribution in [1.82, 2.24) is 0 Å². The maximum atomic E-state index is 12.2. The van der Waals surface area contributed by atoms with Crippen LogP contribution in [0.5, 0.6) is 11.5 Å². The van der Waals surface area contributed by atoms with Crippen molar-refractivity contribution in [1.29, 1.82) is 0 Å². The molecular weight excluding hydrogens is 370 g/mol. The number of carbonyl (C=O) groups excluding carboxylic acids is 1. The molecule has 2 rings (SSSR count). The third-order valence-corrected chi connectivity index (χ3v) is 4.12. The Balaban J connectivity index is 2.16. The molecule has 0 radical (unpaired) electrons. The summed E-state index contributed by atoms with van der Waals surface area (Å²) in [4.78, 5) is 12.2. The number of halogens is 2. The minimum absolute atomic E-state index is 0.166. The molecule has 0 saturated carbocycles. The lowest BCUT2D eigenvalue weighted by atomic mass is 10.1. The first-order valence-electron chi connectivity index (χ1n) is 6.50. The number of benzene rings is 2. The zero-order valence-corrected chi connectivity index (χ0v) is 14.5. The summed E-state index contributed by atoms with van der Waals surface area (Å²) in [6, 6.07) is 10.6. The van der Waals surface area contributed by atoms with Crippen LogP contribution in [0.3, 0.4) is 0 Å². The normalized spacial score (nSPS) is 10.2. The van der Waals surface area contributed by atoms with E-state index < -0.39 is 0 Å². The van der Waals surface area contributed by atoms with E-state index in [1.54, 1.807) is 38.5 Å². The summed E-state index contributed by atoms with van der Waals surface area (Å²) in [7, 11) is 3.12. The Morgan fingerprint density at radius 2 is 1.82 bits per heavy atom. The first-order chi connectivity index (χ1) is 10.5. The van der Waals surface area contributed by atoms with Crippen LogP contribution in [0.25, 0.3) is 0 Å². The van der Waals surface area contributed by atoms with E-state index in [-0.39, 0.29) is 12.3 Å². The van der Waals surface area contributed by atoms with Gasteiger partial charge in [0.1, 0.15) is 0 Å². The Labute approximate surface area is 142 Å². The van der Waals surface area contributed by atoms with E-state index in [4.69, 9.17) is 21.1 Å². The summed E-state index contributed by atoms with van der Waals surface area (Å²) in [5.41, 5.74) is 1.38. The molecule has 22 heavy (non-hydrogen) atoms. The van der Waals surface area contributed by atoms with Crippen LogP contribution >= 0.6 is 27.5 Å². The Morgan fingerprint density at radius 3 is 2.45 bits per heavy atom. The van der Waals surface area contributed by atoms with Crippen molar-refractivity contribution in [2.24, 2.45) is 0 Å². The monoisotopic (exact) mass is 383 g/mol. The average molecular weight is 385 g/mol. The lowest BCUT2D eigenvalue weighted by Gasteiger charge is -2.12. The van der Waals surface area contributed by atoms with Gasteiger partial charge >= 0.3 is 0 Å². The van der Waals surface area contributed by atoms with Gasteiger partial charge in [-0.2, -0.15) is 0 Å². The van der Waals surface area contributed by atoms with Gasteiger partial charge in [0.15, 0.2) is 11.5 Å². The molecule has 0 atom stereocenters. The fourth-order valence-corrected chi connectivity index (χ4v) is 2.61. The smallest absolute Gasteiger partial charge is 0.228 e. The van der Waals surface area contributed by atoms with Crippen LogP contribution in [0.1, 0.15) is 5.56 Å². The number of hydrogen-bond acceptors (Lipinski definition) is 3. The molecule has 0 aliphatic heterocycles. The molecule has 1 N–H and O–H groups in total. The van der Waals surface area contributed by atoms with Crippen LogP contribution < -0.4 is 14.8 Å². The summed E-state index contributed by atoms with van der Waals surface area (Å²) >= 11 is 9.47. The summed E-state index contributed by atoms with van der Waals surface area (Å²) in [6.07, 6.45) is 0.187. The highest BCUT2D eigenvalue weighted by molar-refractivity contribution is 9.10. The highest BCUT2D eigenvalue weighted by Gasteiger charge is 2.13. The summed E-state index contributed by atoms with van der Waals surface area (Å²) in [5.74, 6) is 1.01. The lowest BCUT2D eigenvalue weighted by molar-refractivity contribution is -0.115. The van der Waals surface area contributed by atoms with E-state index in [1.165, 1.54) is 0 Å². The first-order valence-corrected chi connectivity index (χ1v) is 7.67. The molecule has 0 aromatic heterocycles. The van der Waals surface area contributed by atoms with Crippen molar-refractivity contribution in [2.45, 2.75) is 6.42 Å². The third-order valence-electron chi connectivity index (χ3n) is 3.05. The highest BCUT2D eigenvalue weighted by atomic mass is 79.9. The zero-order valence-electron chi connectivity index (χ0n) is 12.2. The summed E-state index contributed by atoms with van der Waals surface area (Å²) < 4.78 is 11.2. The number of hydrogen-bond donors (Lipinski definition) is 1. The number of rotatable bonds is 5. The van der Waals surface area contributed by atoms with Crippen molar-refractivity contribution in [3.8, 4) is 11.5 Å². The molecule has 0 bridgehead atoms. The minimum atomic E-state index is -0.166. The number of nitrogens with one attached hydrogen (secondary N) is 1. The Bertz CT molecular complexity index is 691. The Hall–Kier alpha value is -1.72. The van der Waals surface area contributed by atoms with Gasteiger partial charge < -0.3 is 14.8 Å². The number of amides is 1. The van der Waals surface area contributed by atoms with E-state index in [9.17, 15) is 4.79 Å². The van der Waals surface area contributed by atoms with Crippen LogP contribution in [-0.2, 0) is 11.2 Å². The van der Waals surface area contributed by atoms with Gasteiger partial charge in [-0.05, 0) is 29.8 Å². The van der Waals surface area contributed by atoms with Crippen molar-refractivity contribution in [3.63, 3.8) is 0 Å². The molecule has 0 saturated heterocycles. The minimum Gasteiger partial charge on any atom is -0.493 e. The van der Waals surface area contributed by atoms with E-state index in [1.807, 2.05) is 12.1 Å². The second-order valence-corrected chi connectivity index (χ2v) is 5.76. The fourth-order valence-electron chi connectivity index (χ4n) is 1.96. The number of methoxy groups -OCH3 is 2. The molecule has 6 heteroatoms. The van der Waals surface area contributed by atoms with Crippen LogP contribution in [0.4, 0.5) is 5.69 Å². The molecular formula is C16H15BrClNO3. The molecule has 0 heterocycles. The van der Waals surface area contributed by atoms with Crippen LogP contribution in [0.2, 0.25) is 5.02 Å². The van der Waals surface area contributed by atoms with E-state index >= 15 is 0 Å². The van der Waals surface area contributed by atoms with Gasteiger partial charge in [0.05, 0.1) is 31.4 Å².